The van der Waals surface area contributed by atoms with Gasteiger partial charge in [0.15, 0.2) is 0 Å². The summed E-state index contributed by atoms with van der Waals surface area (Å²) in [4.78, 5) is 18.1. The monoisotopic (exact) mass is 278 g/mol. The third kappa shape index (κ3) is 3.50. The molecular formula is C15H22N2OS. The third-order valence-corrected chi connectivity index (χ3v) is 5.24. The maximum Gasteiger partial charge on any atom is 0.233 e. The topological polar surface area (TPSA) is 33.2 Å². The highest BCUT2D eigenvalue weighted by atomic mass is 32.2. The Morgan fingerprint density at radius 3 is 2.68 bits per heavy atom. The van der Waals surface area contributed by atoms with Crippen LogP contribution in [0, 0.1) is 5.92 Å². The van der Waals surface area contributed by atoms with Crippen molar-refractivity contribution in [3.63, 3.8) is 0 Å². The standard InChI is InChI=1S/C15H22N2OS/c1-3-13(4-2)15-17(14(18)11-19-15)10-7-12-5-8-16-9-6-12/h5-6,8-9,13,15H,3-4,7,10-11H2,1-2H3. The van der Waals surface area contributed by atoms with Crippen LogP contribution in [0.5, 0.6) is 0 Å². The smallest absolute Gasteiger partial charge is 0.233 e. The first-order valence-electron chi connectivity index (χ1n) is 7.06. The molecule has 1 unspecified atom stereocenters. The largest absolute Gasteiger partial charge is 0.329 e. The minimum Gasteiger partial charge on any atom is -0.329 e. The van der Waals surface area contributed by atoms with Gasteiger partial charge in [0.2, 0.25) is 5.91 Å². The van der Waals surface area contributed by atoms with Crippen molar-refractivity contribution in [2.45, 2.75) is 38.5 Å². The fourth-order valence-corrected chi connectivity index (χ4v) is 4.14. The predicted molar refractivity (Wildman–Crippen MR) is 80.0 cm³/mol. The Bertz CT molecular complexity index is 406. The molecule has 1 amide bonds. The lowest BCUT2D eigenvalue weighted by atomic mass is 10.0. The van der Waals surface area contributed by atoms with Crippen molar-refractivity contribution in [2.75, 3.05) is 12.3 Å². The zero-order valence-electron chi connectivity index (χ0n) is 11.7. The van der Waals surface area contributed by atoms with Crippen molar-refractivity contribution < 1.29 is 4.79 Å². The lowest BCUT2D eigenvalue weighted by Gasteiger charge is -2.29. The molecule has 1 aliphatic rings. The Balaban J connectivity index is 1.98. The van der Waals surface area contributed by atoms with Crippen LogP contribution in [-0.4, -0.2) is 33.5 Å². The van der Waals surface area contributed by atoms with Gasteiger partial charge in [-0.05, 0) is 30.0 Å². The third-order valence-electron chi connectivity index (χ3n) is 3.85. The number of carbonyl (C=O) groups excluding carboxylic acids is 1. The van der Waals surface area contributed by atoms with Crippen molar-refractivity contribution in [1.82, 2.24) is 9.88 Å². The fraction of sp³-hybridized carbons (Fsp3) is 0.600. The Kier molecular flexibility index (Phi) is 5.25. The Labute approximate surface area is 119 Å². The highest BCUT2D eigenvalue weighted by molar-refractivity contribution is 8.01. The van der Waals surface area contributed by atoms with Gasteiger partial charge in [-0.3, -0.25) is 9.78 Å². The first kappa shape index (κ1) is 14.4. The molecule has 1 aromatic rings. The molecule has 0 radical (unpaired) electrons. The SMILES string of the molecule is CCC(CC)C1SCC(=O)N1CCc1ccncc1. The Morgan fingerprint density at radius 2 is 2.05 bits per heavy atom. The van der Waals surface area contributed by atoms with Gasteiger partial charge >= 0.3 is 0 Å². The molecule has 4 heteroatoms. The molecule has 1 aromatic heterocycles. The number of rotatable bonds is 6. The van der Waals surface area contributed by atoms with E-state index in [4.69, 9.17) is 0 Å². The van der Waals surface area contributed by atoms with Crippen molar-refractivity contribution >= 4 is 17.7 Å². The van der Waals surface area contributed by atoms with Crippen molar-refractivity contribution in [1.29, 1.82) is 0 Å². The molecule has 0 bridgehead atoms. The van der Waals surface area contributed by atoms with Gasteiger partial charge in [0.25, 0.3) is 0 Å². The van der Waals surface area contributed by atoms with Crippen LogP contribution in [0.4, 0.5) is 0 Å². The Hall–Kier alpha value is -1.03. The van der Waals surface area contributed by atoms with Crippen molar-refractivity contribution in [3.05, 3.63) is 30.1 Å². The number of nitrogens with zero attached hydrogens (tertiary/aromatic N) is 2. The predicted octanol–water partition coefficient (Wildman–Crippen LogP) is 2.96. The van der Waals surface area contributed by atoms with Crippen LogP contribution >= 0.6 is 11.8 Å². The minimum absolute atomic E-state index is 0.302. The van der Waals surface area contributed by atoms with Gasteiger partial charge in [0.05, 0.1) is 11.1 Å². The van der Waals surface area contributed by atoms with Crippen LogP contribution in [0.1, 0.15) is 32.3 Å². The van der Waals surface area contributed by atoms with Crippen LogP contribution in [0.25, 0.3) is 0 Å². The Morgan fingerprint density at radius 1 is 1.37 bits per heavy atom. The summed E-state index contributed by atoms with van der Waals surface area (Å²) in [6, 6.07) is 4.06. The van der Waals surface area contributed by atoms with Crippen LogP contribution in [-0.2, 0) is 11.2 Å². The van der Waals surface area contributed by atoms with Gasteiger partial charge in [-0.2, -0.15) is 0 Å². The summed E-state index contributed by atoms with van der Waals surface area (Å²) >= 11 is 1.82. The number of amides is 1. The van der Waals surface area contributed by atoms with Gasteiger partial charge in [-0.25, -0.2) is 0 Å². The molecule has 0 saturated carbocycles. The van der Waals surface area contributed by atoms with Gasteiger partial charge in [0.1, 0.15) is 0 Å². The number of aromatic nitrogens is 1. The molecule has 2 heterocycles. The van der Waals surface area contributed by atoms with E-state index >= 15 is 0 Å². The molecule has 1 atom stereocenters. The summed E-state index contributed by atoms with van der Waals surface area (Å²) in [6.07, 6.45) is 6.84. The minimum atomic E-state index is 0.302. The molecule has 1 saturated heterocycles. The van der Waals surface area contributed by atoms with Crippen LogP contribution < -0.4 is 0 Å². The van der Waals surface area contributed by atoms with Gasteiger partial charge in [0, 0.05) is 18.9 Å². The second-order valence-corrected chi connectivity index (χ2v) is 6.08. The number of hydrogen-bond acceptors (Lipinski definition) is 3. The van der Waals surface area contributed by atoms with E-state index in [9.17, 15) is 4.79 Å². The summed E-state index contributed by atoms with van der Waals surface area (Å²) < 4.78 is 0. The lowest BCUT2D eigenvalue weighted by molar-refractivity contribution is -0.128. The van der Waals surface area contributed by atoms with Gasteiger partial charge in [-0.1, -0.05) is 26.7 Å². The maximum absolute atomic E-state index is 12.0. The van der Waals surface area contributed by atoms with E-state index in [1.54, 1.807) is 0 Å². The lowest BCUT2D eigenvalue weighted by Crippen LogP contribution is -2.38. The first-order chi connectivity index (χ1) is 9.26. The fourth-order valence-electron chi connectivity index (χ4n) is 2.60. The molecular weight excluding hydrogens is 256 g/mol. The normalized spacial score (nSPS) is 19.4. The second-order valence-electron chi connectivity index (χ2n) is 4.97. The van der Waals surface area contributed by atoms with E-state index in [-0.39, 0.29) is 0 Å². The zero-order chi connectivity index (χ0) is 13.7. The molecule has 104 valence electrons. The van der Waals surface area contributed by atoms with Crippen molar-refractivity contribution in [2.24, 2.45) is 5.92 Å². The molecule has 3 nitrogen and oxygen atoms in total. The van der Waals surface area contributed by atoms with E-state index in [0.29, 0.717) is 23.0 Å². The van der Waals surface area contributed by atoms with Crippen LogP contribution in [0.3, 0.4) is 0 Å². The highest BCUT2D eigenvalue weighted by Crippen LogP contribution is 2.34. The number of carbonyl (C=O) groups is 1. The average Bonchev–Trinajstić information content (AvgIpc) is 2.81. The first-order valence-corrected chi connectivity index (χ1v) is 8.11. The summed E-state index contributed by atoms with van der Waals surface area (Å²) in [5, 5.41) is 0.379. The van der Waals surface area contributed by atoms with Gasteiger partial charge < -0.3 is 4.90 Å². The molecule has 1 fully saturated rings. The van der Waals surface area contributed by atoms with Crippen LogP contribution in [0.2, 0.25) is 0 Å². The van der Waals surface area contributed by atoms with E-state index in [2.05, 4.69) is 23.7 Å². The molecule has 2 rings (SSSR count). The van der Waals surface area contributed by atoms with E-state index < -0.39 is 0 Å². The quantitative estimate of drug-likeness (QED) is 0.802. The maximum atomic E-state index is 12.0. The number of thioether (sulfide) groups is 1. The highest BCUT2D eigenvalue weighted by Gasteiger charge is 2.35. The average molecular weight is 278 g/mol. The van der Waals surface area contributed by atoms with E-state index in [1.165, 1.54) is 5.56 Å². The molecule has 0 aliphatic carbocycles. The summed E-state index contributed by atoms with van der Waals surface area (Å²) in [7, 11) is 0. The van der Waals surface area contributed by atoms with Crippen molar-refractivity contribution in [3.8, 4) is 0 Å². The van der Waals surface area contributed by atoms with Crippen LogP contribution in [0.15, 0.2) is 24.5 Å². The number of pyridine rings is 1. The summed E-state index contributed by atoms with van der Waals surface area (Å²) in [5.74, 6) is 1.57. The molecule has 1 aliphatic heterocycles. The second kappa shape index (κ2) is 6.94. The number of hydrogen-bond donors (Lipinski definition) is 0. The van der Waals surface area contributed by atoms with Gasteiger partial charge in [-0.15, -0.1) is 11.8 Å². The molecule has 19 heavy (non-hydrogen) atoms. The molecule has 0 aromatic carbocycles. The van der Waals surface area contributed by atoms with E-state index in [0.717, 1.165) is 25.8 Å². The molecule has 0 N–H and O–H groups in total. The van der Waals surface area contributed by atoms with E-state index in [1.807, 2.05) is 36.3 Å². The summed E-state index contributed by atoms with van der Waals surface area (Å²) in [6.45, 7) is 5.27. The molecule has 0 spiro atoms. The summed E-state index contributed by atoms with van der Waals surface area (Å²) in [5.41, 5.74) is 1.25. The zero-order valence-corrected chi connectivity index (χ0v) is 12.5.